The van der Waals surface area contributed by atoms with Gasteiger partial charge in [-0.05, 0) is 42.7 Å². The van der Waals surface area contributed by atoms with Crippen LogP contribution in [-0.4, -0.2) is 31.8 Å². The van der Waals surface area contributed by atoms with Gasteiger partial charge in [0.05, 0.1) is 12.7 Å². The zero-order valence-electron chi connectivity index (χ0n) is 19.5. The van der Waals surface area contributed by atoms with Gasteiger partial charge in [-0.2, -0.15) is 5.10 Å². The van der Waals surface area contributed by atoms with Crippen LogP contribution in [0.1, 0.15) is 41.8 Å². The van der Waals surface area contributed by atoms with Crippen LogP contribution >= 0.6 is 0 Å². The number of nitrogens with one attached hydrogen (secondary N) is 1. The van der Waals surface area contributed by atoms with Crippen LogP contribution in [0.25, 0.3) is 0 Å². The quantitative estimate of drug-likeness (QED) is 0.386. The van der Waals surface area contributed by atoms with Crippen molar-refractivity contribution in [3.8, 4) is 5.75 Å². The summed E-state index contributed by atoms with van der Waals surface area (Å²) in [6, 6.07) is 26.7. The van der Waals surface area contributed by atoms with E-state index in [2.05, 4.69) is 83.9 Å². The molecule has 3 aromatic rings. The van der Waals surface area contributed by atoms with E-state index < -0.39 is 0 Å². The van der Waals surface area contributed by atoms with Gasteiger partial charge in [0.15, 0.2) is 0 Å². The van der Waals surface area contributed by atoms with Crippen LogP contribution in [0.4, 0.5) is 5.69 Å². The number of para-hydroxylation sites is 2. The molecule has 0 spiro atoms. The van der Waals surface area contributed by atoms with Gasteiger partial charge in [-0.25, -0.2) is 5.43 Å². The molecule has 1 aliphatic rings. The predicted octanol–water partition coefficient (Wildman–Crippen LogP) is 5.21. The van der Waals surface area contributed by atoms with Gasteiger partial charge in [0.1, 0.15) is 5.75 Å². The van der Waals surface area contributed by atoms with Gasteiger partial charge in [0.2, 0.25) is 0 Å². The number of ether oxygens (including phenoxy) is 1. The highest BCUT2D eigenvalue weighted by Crippen LogP contribution is 2.47. The van der Waals surface area contributed by atoms with Gasteiger partial charge in [-0.3, -0.25) is 4.79 Å². The zero-order valence-corrected chi connectivity index (χ0v) is 19.5. The third-order valence-corrected chi connectivity index (χ3v) is 6.63. The summed E-state index contributed by atoms with van der Waals surface area (Å²) in [5.41, 5.74) is 7.02. The van der Waals surface area contributed by atoms with Crippen molar-refractivity contribution in [3.63, 3.8) is 0 Å². The van der Waals surface area contributed by atoms with Gasteiger partial charge < -0.3 is 9.64 Å². The van der Waals surface area contributed by atoms with Crippen LogP contribution in [0.15, 0.2) is 84.0 Å². The summed E-state index contributed by atoms with van der Waals surface area (Å²) in [5.74, 6) is 0.252. The smallest absolute Gasteiger partial charge is 0.275 e. The third-order valence-electron chi connectivity index (χ3n) is 6.63. The second-order valence-electron chi connectivity index (χ2n) is 8.59. The first-order valence-electron chi connectivity index (χ1n) is 11.4. The average molecular weight is 442 g/mol. The molecule has 2 unspecified atom stereocenters. The summed E-state index contributed by atoms with van der Waals surface area (Å²) < 4.78 is 5.28. The van der Waals surface area contributed by atoms with E-state index in [0.29, 0.717) is 11.3 Å². The third kappa shape index (κ3) is 4.49. The van der Waals surface area contributed by atoms with Gasteiger partial charge in [-0.1, -0.05) is 67.6 Å². The first kappa shape index (κ1) is 22.6. The fourth-order valence-corrected chi connectivity index (χ4v) is 5.06. The number of carbonyl (C=O) groups excluding carboxylic acids is 1. The summed E-state index contributed by atoms with van der Waals surface area (Å²) in [4.78, 5) is 15.0. The largest absolute Gasteiger partial charge is 0.496 e. The van der Waals surface area contributed by atoms with E-state index >= 15 is 0 Å². The molecule has 4 rings (SSSR count). The minimum absolute atomic E-state index is 0.0768. The maximum atomic E-state index is 12.6. The molecular weight excluding hydrogens is 410 g/mol. The lowest BCUT2D eigenvalue weighted by Gasteiger charge is -2.36. The Morgan fingerprint density at radius 2 is 1.76 bits per heavy atom. The SMILES string of the molecule is CCN1c2ccccc2C(C)(Cc2ccccc2)C1CC=NNC(=O)c1ccccc1OC. The van der Waals surface area contributed by atoms with Crippen LogP contribution in [0.2, 0.25) is 0 Å². The lowest BCUT2D eigenvalue weighted by atomic mass is 9.73. The van der Waals surface area contributed by atoms with Crippen molar-refractivity contribution >= 4 is 17.8 Å². The van der Waals surface area contributed by atoms with Crippen molar-refractivity contribution in [1.82, 2.24) is 5.43 Å². The van der Waals surface area contributed by atoms with Gasteiger partial charge in [0.25, 0.3) is 5.91 Å². The molecule has 170 valence electrons. The second kappa shape index (κ2) is 9.90. The van der Waals surface area contributed by atoms with Crippen molar-refractivity contribution in [1.29, 1.82) is 0 Å². The Labute approximate surface area is 196 Å². The number of nitrogens with zero attached hydrogens (tertiary/aromatic N) is 2. The van der Waals surface area contributed by atoms with Gasteiger partial charge >= 0.3 is 0 Å². The molecule has 0 aromatic heterocycles. The molecule has 1 aliphatic heterocycles. The maximum absolute atomic E-state index is 12.6. The summed E-state index contributed by atoms with van der Waals surface area (Å²) >= 11 is 0. The normalized spacial score (nSPS) is 19.5. The average Bonchev–Trinajstić information content (AvgIpc) is 3.09. The zero-order chi connectivity index (χ0) is 23.3. The summed E-state index contributed by atoms with van der Waals surface area (Å²) in [6.07, 6.45) is 3.49. The standard InChI is InChI=1S/C28H31N3O2/c1-4-31-24-16-10-9-15-23(24)28(2,20-21-12-6-5-7-13-21)26(31)18-19-29-30-27(32)22-14-8-11-17-25(22)33-3/h5-17,19,26H,4,18,20H2,1-3H3,(H,30,32). The van der Waals surface area contributed by atoms with Gasteiger partial charge in [-0.15, -0.1) is 0 Å². The number of hydrogen-bond acceptors (Lipinski definition) is 4. The highest BCUT2D eigenvalue weighted by atomic mass is 16.5. The molecule has 1 N–H and O–H groups in total. The van der Waals surface area contributed by atoms with Crippen LogP contribution in [-0.2, 0) is 11.8 Å². The van der Waals surface area contributed by atoms with E-state index in [9.17, 15) is 4.79 Å². The number of anilines is 1. The van der Waals surface area contributed by atoms with Crippen LogP contribution in [0.3, 0.4) is 0 Å². The fourth-order valence-electron chi connectivity index (χ4n) is 5.06. The Morgan fingerprint density at radius 3 is 2.52 bits per heavy atom. The Kier molecular flexibility index (Phi) is 6.78. The monoisotopic (exact) mass is 441 g/mol. The number of amides is 1. The van der Waals surface area contributed by atoms with Gasteiger partial charge in [0, 0.05) is 36.3 Å². The molecule has 0 aliphatic carbocycles. The molecule has 0 radical (unpaired) electrons. The van der Waals surface area contributed by atoms with E-state index in [1.54, 1.807) is 19.2 Å². The highest BCUT2D eigenvalue weighted by molar-refractivity contribution is 5.97. The molecule has 0 bridgehead atoms. The molecule has 5 nitrogen and oxygen atoms in total. The first-order chi connectivity index (χ1) is 16.1. The van der Waals surface area contributed by atoms with Crippen LogP contribution < -0.4 is 15.1 Å². The van der Waals surface area contributed by atoms with Crippen molar-refractivity contribution in [2.75, 3.05) is 18.6 Å². The lowest BCUT2D eigenvalue weighted by molar-refractivity contribution is 0.0952. The van der Waals surface area contributed by atoms with E-state index in [-0.39, 0.29) is 17.4 Å². The highest BCUT2D eigenvalue weighted by Gasteiger charge is 2.46. The molecular formula is C28H31N3O2. The van der Waals surface area contributed by atoms with E-state index in [1.807, 2.05) is 18.3 Å². The summed E-state index contributed by atoms with van der Waals surface area (Å²) in [6.45, 7) is 5.45. The van der Waals surface area contributed by atoms with E-state index in [0.717, 1.165) is 19.4 Å². The lowest BCUT2D eigenvalue weighted by Crippen LogP contribution is -2.44. The maximum Gasteiger partial charge on any atom is 0.275 e. The first-order valence-corrected chi connectivity index (χ1v) is 11.4. The molecule has 3 aromatic carbocycles. The topological polar surface area (TPSA) is 53.9 Å². The van der Waals surface area contributed by atoms with Crippen LogP contribution in [0.5, 0.6) is 5.75 Å². The minimum atomic E-state index is -0.280. The molecule has 0 saturated carbocycles. The van der Waals surface area contributed by atoms with Crippen molar-refractivity contribution < 1.29 is 9.53 Å². The number of carbonyl (C=O) groups is 1. The molecule has 1 heterocycles. The molecule has 33 heavy (non-hydrogen) atoms. The number of fused-ring (bicyclic) bond motifs is 1. The number of rotatable bonds is 8. The molecule has 1 amide bonds. The van der Waals surface area contributed by atoms with E-state index in [1.165, 1.54) is 16.8 Å². The molecule has 0 saturated heterocycles. The molecule has 0 fully saturated rings. The number of methoxy groups -OCH3 is 1. The van der Waals surface area contributed by atoms with Crippen molar-refractivity contribution in [2.45, 2.75) is 38.1 Å². The van der Waals surface area contributed by atoms with Crippen molar-refractivity contribution in [2.24, 2.45) is 5.10 Å². The Balaban J connectivity index is 1.55. The fraction of sp³-hybridized carbons (Fsp3) is 0.286. The Bertz CT molecular complexity index is 1130. The van der Waals surface area contributed by atoms with Crippen molar-refractivity contribution in [3.05, 3.63) is 95.6 Å². The second-order valence-corrected chi connectivity index (χ2v) is 8.59. The molecule has 5 heteroatoms. The minimum Gasteiger partial charge on any atom is -0.496 e. The predicted molar refractivity (Wildman–Crippen MR) is 134 cm³/mol. The molecule has 2 atom stereocenters. The summed E-state index contributed by atoms with van der Waals surface area (Å²) in [7, 11) is 1.56. The Hall–Kier alpha value is -3.60. The number of likely N-dealkylation sites (N-methyl/N-ethyl adjacent to an activating group) is 1. The summed E-state index contributed by atoms with van der Waals surface area (Å²) in [5, 5.41) is 4.28. The number of benzene rings is 3. The number of hydrazone groups is 1. The van der Waals surface area contributed by atoms with Crippen LogP contribution in [0, 0.1) is 0 Å². The van der Waals surface area contributed by atoms with E-state index in [4.69, 9.17) is 4.74 Å². The number of hydrogen-bond donors (Lipinski definition) is 1. The Morgan fingerprint density at radius 1 is 1.06 bits per heavy atom.